The van der Waals surface area contributed by atoms with E-state index in [1.165, 1.54) is 38.5 Å². The average Bonchev–Trinajstić information content (AvgIpc) is 2.47. The van der Waals surface area contributed by atoms with Crippen molar-refractivity contribution in [1.82, 2.24) is 9.80 Å². The molecule has 1 heterocycles. The molecule has 0 aromatic carbocycles. The number of alkyl halides is 1. The van der Waals surface area contributed by atoms with Crippen molar-refractivity contribution in [3.8, 4) is 0 Å². The summed E-state index contributed by atoms with van der Waals surface area (Å²) < 4.78 is 0. The van der Waals surface area contributed by atoms with Gasteiger partial charge in [0.05, 0.1) is 0 Å². The van der Waals surface area contributed by atoms with Gasteiger partial charge < -0.3 is 4.90 Å². The third kappa shape index (κ3) is 7.63. The fourth-order valence-electron chi connectivity index (χ4n) is 2.73. The molecule has 0 aromatic heterocycles. The maximum Gasteiger partial charge on any atom is 0.222 e. The Bertz CT molecular complexity index is 253. The van der Waals surface area contributed by atoms with Crippen LogP contribution in [-0.4, -0.2) is 53.8 Å². The van der Waals surface area contributed by atoms with Crippen molar-refractivity contribution in [3.63, 3.8) is 0 Å². The van der Waals surface area contributed by atoms with Crippen LogP contribution in [0.5, 0.6) is 0 Å². The summed E-state index contributed by atoms with van der Waals surface area (Å²) in [5.74, 6) is 0.372. The molecular formula is C16H31BrN2O. The van der Waals surface area contributed by atoms with Gasteiger partial charge in [0.2, 0.25) is 5.91 Å². The smallest absolute Gasteiger partial charge is 0.222 e. The zero-order valence-electron chi connectivity index (χ0n) is 13.1. The minimum absolute atomic E-state index is 0.372. The van der Waals surface area contributed by atoms with E-state index >= 15 is 0 Å². The average molecular weight is 347 g/mol. The van der Waals surface area contributed by atoms with Crippen LogP contribution in [0.3, 0.4) is 0 Å². The van der Waals surface area contributed by atoms with Gasteiger partial charge in [-0.2, -0.15) is 0 Å². The van der Waals surface area contributed by atoms with Gasteiger partial charge in [0.25, 0.3) is 0 Å². The number of nitrogens with zero attached hydrogens (tertiary/aromatic N) is 2. The molecule has 20 heavy (non-hydrogen) atoms. The Labute approximate surface area is 133 Å². The summed E-state index contributed by atoms with van der Waals surface area (Å²) in [7, 11) is 0. The van der Waals surface area contributed by atoms with Gasteiger partial charge in [0.15, 0.2) is 0 Å². The predicted molar refractivity (Wildman–Crippen MR) is 89.4 cm³/mol. The van der Waals surface area contributed by atoms with Crippen molar-refractivity contribution in [2.75, 3.05) is 38.1 Å². The number of hydrogen-bond donors (Lipinski definition) is 0. The molecule has 0 N–H and O–H groups in total. The molecule has 1 aliphatic heterocycles. The maximum absolute atomic E-state index is 12.1. The molecule has 0 atom stereocenters. The zero-order chi connectivity index (χ0) is 14.6. The molecular weight excluding hydrogens is 316 g/mol. The summed E-state index contributed by atoms with van der Waals surface area (Å²) in [6.07, 6.45) is 9.72. The van der Waals surface area contributed by atoms with Crippen molar-refractivity contribution in [3.05, 3.63) is 0 Å². The normalized spacial score (nSPS) is 16.6. The highest BCUT2D eigenvalue weighted by Crippen LogP contribution is 2.11. The second-order valence-electron chi connectivity index (χ2n) is 5.78. The van der Waals surface area contributed by atoms with Crippen LogP contribution >= 0.6 is 15.9 Å². The standard InChI is InChI=1S/C16H31BrN2O/c1-2-3-4-5-6-7-8-9-16(20)19-14-12-18(11-10-17)13-15-19/h2-15H2,1H3. The summed E-state index contributed by atoms with van der Waals surface area (Å²) in [5, 5.41) is 1.03. The zero-order valence-corrected chi connectivity index (χ0v) is 14.7. The van der Waals surface area contributed by atoms with Crippen LogP contribution in [-0.2, 0) is 4.79 Å². The monoisotopic (exact) mass is 346 g/mol. The molecule has 0 spiro atoms. The highest BCUT2D eigenvalue weighted by Gasteiger charge is 2.19. The van der Waals surface area contributed by atoms with Crippen LogP contribution in [0.1, 0.15) is 58.3 Å². The molecule has 3 nitrogen and oxygen atoms in total. The summed E-state index contributed by atoms with van der Waals surface area (Å²) in [6.45, 7) is 7.25. The third-order valence-corrected chi connectivity index (χ3v) is 4.47. The summed E-state index contributed by atoms with van der Waals surface area (Å²) in [5.41, 5.74) is 0. The minimum atomic E-state index is 0.372. The second-order valence-corrected chi connectivity index (χ2v) is 6.58. The van der Waals surface area contributed by atoms with E-state index < -0.39 is 0 Å². The van der Waals surface area contributed by atoms with E-state index in [4.69, 9.17) is 0 Å². The first kappa shape index (κ1) is 18.0. The van der Waals surface area contributed by atoms with Crippen LogP contribution in [0.15, 0.2) is 0 Å². The van der Waals surface area contributed by atoms with E-state index in [-0.39, 0.29) is 0 Å². The molecule has 0 bridgehead atoms. The van der Waals surface area contributed by atoms with Crippen LogP contribution in [0.2, 0.25) is 0 Å². The molecule has 4 heteroatoms. The molecule has 0 aliphatic carbocycles. The van der Waals surface area contributed by atoms with Gasteiger partial charge in [-0.25, -0.2) is 0 Å². The molecule has 1 rings (SSSR count). The molecule has 0 aromatic rings. The lowest BCUT2D eigenvalue weighted by atomic mass is 10.1. The lowest BCUT2D eigenvalue weighted by molar-refractivity contribution is -0.133. The van der Waals surface area contributed by atoms with Gasteiger partial charge in [-0.3, -0.25) is 9.69 Å². The molecule has 1 fully saturated rings. The lowest BCUT2D eigenvalue weighted by Gasteiger charge is -2.34. The first-order valence-corrected chi connectivity index (χ1v) is 9.46. The Morgan fingerprint density at radius 2 is 1.55 bits per heavy atom. The Morgan fingerprint density at radius 1 is 0.950 bits per heavy atom. The molecule has 0 radical (unpaired) electrons. The molecule has 0 saturated carbocycles. The summed E-state index contributed by atoms with van der Waals surface area (Å²) in [4.78, 5) is 16.6. The van der Waals surface area contributed by atoms with Crippen molar-refractivity contribution in [2.24, 2.45) is 0 Å². The van der Waals surface area contributed by atoms with E-state index in [9.17, 15) is 4.79 Å². The van der Waals surface area contributed by atoms with Gasteiger partial charge >= 0.3 is 0 Å². The van der Waals surface area contributed by atoms with Gasteiger partial charge in [-0.05, 0) is 6.42 Å². The highest BCUT2D eigenvalue weighted by atomic mass is 79.9. The first-order chi connectivity index (χ1) is 9.77. The number of amides is 1. The van der Waals surface area contributed by atoms with E-state index in [1.54, 1.807) is 0 Å². The van der Waals surface area contributed by atoms with Crippen LogP contribution in [0, 0.1) is 0 Å². The quantitative estimate of drug-likeness (QED) is 0.445. The number of carbonyl (C=O) groups excluding carboxylic acids is 1. The van der Waals surface area contributed by atoms with E-state index in [2.05, 4.69) is 32.7 Å². The number of piperazine rings is 1. The van der Waals surface area contributed by atoms with Gasteiger partial charge in [-0.1, -0.05) is 61.4 Å². The van der Waals surface area contributed by atoms with Crippen LogP contribution < -0.4 is 0 Å². The molecule has 1 aliphatic rings. The second kappa shape index (κ2) is 11.6. The number of carbonyl (C=O) groups is 1. The number of halogens is 1. The van der Waals surface area contributed by atoms with Crippen LogP contribution in [0.4, 0.5) is 0 Å². The highest BCUT2D eigenvalue weighted by molar-refractivity contribution is 9.09. The van der Waals surface area contributed by atoms with Crippen LogP contribution in [0.25, 0.3) is 0 Å². The number of rotatable bonds is 10. The van der Waals surface area contributed by atoms with Gasteiger partial charge in [-0.15, -0.1) is 0 Å². The Hall–Kier alpha value is -0.0900. The fourth-order valence-corrected chi connectivity index (χ4v) is 3.23. The van der Waals surface area contributed by atoms with Gasteiger partial charge in [0.1, 0.15) is 0 Å². The lowest BCUT2D eigenvalue weighted by Crippen LogP contribution is -2.49. The largest absolute Gasteiger partial charge is 0.340 e. The molecule has 1 saturated heterocycles. The third-order valence-electron chi connectivity index (χ3n) is 4.12. The van der Waals surface area contributed by atoms with Crippen molar-refractivity contribution in [2.45, 2.75) is 58.3 Å². The Balaban J connectivity index is 2.00. The van der Waals surface area contributed by atoms with Gasteiger partial charge in [0, 0.05) is 44.5 Å². The molecule has 118 valence electrons. The summed E-state index contributed by atoms with van der Waals surface area (Å²) >= 11 is 3.47. The topological polar surface area (TPSA) is 23.6 Å². The SMILES string of the molecule is CCCCCCCCCC(=O)N1CCN(CCBr)CC1. The van der Waals surface area contributed by atoms with E-state index in [0.717, 1.165) is 50.9 Å². The van der Waals surface area contributed by atoms with Crippen molar-refractivity contribution >= 4 is 21.8 Å². The van der Waals surface area contributed by atoms with Crippen molar-refractivity contribution in [1.29, 1.82) is 0 Å². The number of unbranched alkanes of at least 4 members (excludes halogenated alkanes) is 6. The Morgan fingerprint density at radius 3 is 2.15 bits per heavy atom. The van der Waals surface area contributed by atoms with Crippen molar-refractivity contribution < 1.29 is 4.79 Å². The number of hydrogen-bond acceptors (Lipinski definition) is 2. The van der Waals surface area contributed by atoms with E-state index in [0.29, 0.717) is 5.91 Å². The Kier molecular flexibility index (Phi) is 10.4. The van der Waals surface area contributed by atoms with E-state index in [1.807, 2.05) is 0 Å². The maximum atomic E-state index is 12.1. The minimum Gasteiger partial charge on any atom is -0.340 e. The first-order valence-electron chi connectivity index (χ1n) is 8.34. The predicted octanol–water partition coefficient (Wildman–Crippen LogP) is 3.67. The summed E-state index contributed by atoms with van der Waals surface area (Å²) in [6, 6.07) is 0. The molecule has 0 unspecified atom stereocenters. The molecule has 1 amide bonds. The fraction of sp³-hybridized carbons (Fsp3) is 0.938.